The van der Waals surface area contributed by atoms with Crippen molar-refractivity contribution in [3.8, 4) is 0 Å². The number of nitrogens with zero attached hydrogens (tertiary/aromatic N) is 1. The van der Waals surface area contributed by atoms with Crippen LogP contribution in [0.5, 0.6) is 0 Å². The molecule has 2 bridgehead atoms. The normalized spacial score (nSPS) is 29.1. The van der Waals surface area contributed by atoms with Crippen LogP contribution in [-0.4, -0.2) is 46.8 Å². The molecular weight excluding hydrogens is 492 g/mol. The zero-order valence-corrected chi connectivity index (χ0v) is 18.9. The molecule has 6 rings (SSSR count). The Morgan fingerprint density at radius 1 is 0.972 bits per heavy atom. The van der Waals surface area contributed by atoms with Gasteiger partial charge in [-0.05, 0) is 62.3 Å². The zero-order valence-electron chi connectivity index (χ0n) is 18.9. The van der Waals surface area contributed by atoms with Crippen molar-refractivity contribution in [3.05, 3.63) is 41.6 Å². The van der Waals surface area contributed by atoms with E-state index >= 15 is 0 Å². The molecule has 0 spiro atoms. The fourth-order valence-corrected chi connectivity index (χ4v) is 5.62. The zero-order chi connectivity index (χ0) is 25.9. The maximum atomic E-state index is 12.9. The smallest absolute Gasteiger partial charge is 0.368 e. The summed E-state index contributed by atoms with van der Waals surface area (Å²) in [7, 11) is 0. The first-order chi connectivity index (χ1) is 16.7. The number of rotatable bonds is 7. The molecule has 4 aliphatic carbocycles. The van der Waals surface area contributed by atoms with Crippen molar-refractivity contribution in [1.29, 1.82) is 0 Å². The van der Waals surface area contributed by atoms with E-state index in [-0.39, 0.29) is 35.2 Å². The van der Waals surface area contributed by atoms with Gasteiger partial charge in [-0.3, -0.25) is 9.59 Å². The van der Waals surface area contributed by atoms with Crippen LogP contribution in [0.3, 0.4) is 0 Å². The van der Waals surface area contributed by atoms with Crippen molar-refractivity contribution < 1.29 is 40.7 Å². The van der Waals surface area contributed by atoms with E-state index in [2.05, 4.69) is 15.6 Å². The quantitative estimate of drug-likeness (QED) is 0.532. The average Bonchev–Trinajstić information content (AvgIpc) is 2.70. The fraction of sp³-hybridized carbons (Fsp3) is 0.542. The highest BCUT2D eigenvalue weighted by Gasteiger charge is 2.69. The number of halogens is 6. The van der Waals surface area contributed by atoms with Crippen LogP contribution in [0.1, 0.15) is 54.6 Å². The molecule has 12 heteroatoms. The Balaban J connectivity index is 1.07. The van der Waals surface area contributed by atoms with Crippen molar-refractivity contribution in [3.63, 3.8) is 0 Å². The second-order valence-corrected chi connectivity index (χ2v) is 10.3. The average molecular weight is 515 g/mol. The number of alkyl halides is 6. The molecule has 2 aromatic rings. The lowest BCUT2D eigenvalue weighted by Gasteiger charge is -2.70. The molecule has 2 amide bonds. The van der Waals surface area contributed by atoms with E-state index in [1.54, 1.807) is 0 Å². The van der Waals surface area contributed by atoms with E-state index in [1.807, 2.05) is 0 Å². The second kappa shape index (κ2) is 8.32. The first-order valence-electron chi connectivity index (χ1n) is 11.5. The molecule has 4 aliphatic rings. The van der Waals surface area contributed by atoms with Gasteiger partial charge in [-0.1, -0.05) is 6.07 Å². The predicted octanol–water partition coefficient (Wildman–Crippen LogP) is 4.52. The molecule has 0 atom stereocenters. The number of fused-ring (bicyclic) bond motifs is 1. The van der Waals surface area contributed by atoms with E-state index in [1.165, 1.54) is 18.2 Å². The lowest BCUT2D eigenvalue weighted by atomic mass is 9.44. The van der Waals surface area contributed by atoms with Gasteiger partial charge < -0.3 is 15.4 Å². The molecule has 194 valence electrons. The minimum absolute atomic E-state index is 0.0859. The fourth-order valence-electron chi connectivity index (χ4n) is 5.62. The van der Waals surface area contributed by atoms with Crippen LogP contribution in [0, 0.1) is 5.92 Å². The van der Waals surface area contributed by atoms with Crippen LogP contribution in [0.2, 0.25) is 0 Å². The van der Waals surface area contributed by atoms with E-state index in [0.717, 1.165) is 12.1 Å². The van der Waals surface area contributed by atoms with Gasteiger partial charge in [-0.15, -0.1) is 0 Å². The summed E-state index contributed by atoms with van der Waals surface area (Å²) >= 11 is 0. The number of aromatic nitrogens is 1. The summed E-state index contributed by atoms with van der Waals surface area (Å²) in [4.78, 5) is 29.1. The first kappa shape index (κ1) is 24.8. The molecule has 0 radical (unpaired) electrons. The van der Waals surface area contributed by atoms with Crippen LogP contribution >= 0.6 is 0 Å². The summed E-state index contributed by atoms with van der Waals surface area (Å²) in [6, 6.07) is 5.91. The highest BCUT2D eigenvalue weighted by atomic mass is 19.4. The summed E-state index contributed by atoms with van der Waals surface area (Å²) < 4.78 is 81.1. The number of hydrogen-bond donors (Lipinski definition) is 2. The highest BCUT2D eigenvalue weighted by molar-refractivity contribution is 5.96. The van der Waals surface area contributed by atoms with Gasteiger partial charge in [0.25, 0.3) is 5.91 Å². The lowest BCUT2D eigenvalue weighted by molar-refractivity contribution is -0.166. The Kier molecular flexibility index (Phi) is 5.73. The van der Waals surface area contributed by atoms with Crippen molar-refractivity contribution in [2.24, 2.45) is 5.92 Å². The summed E-state index contributed by atoms with van der Waals surface area (Å²) in [5, 5.41) is 6.07. The maximum absolute atomic E-state index is 12.9. The number of ether oxygens (including phenoxy) is 1. The van der Waals surface area contributed by atoms with Crippen molar-refractivity contribution in [2.75, 3.05) is 6.61 Å². The molecule has 1 aromatic heterocycles. The van der Waals surface area contributed by atoms with Crippen molar-refractivity contribution in [2.45, 2.75) is 68.1 Å². The van der Waals surface area contributed by atoms with Gasteiger partial charge in [0.05, 0.1) is 17.2 Å². The van der Waals surface area contributed by atoms with Crippen molar-refractivity contribution >= 4 is 22.7 Å². The van der Waals surface area contributed by atoms with Gasteiger partial charge in [0.2, 0.25) is 5.91 Å². The topological polar surface area (TPSA) is 80.3 Å². The van der Waals surface area contributed by atoms with Gasteiger partial charge in [0.15, 0.2) is 0 Å². The van der Waals surface area contributed by atoms with E-state index in [9.17, 15) is 35.9 Å². The van der Waals surface area contributed by atoms with Crippen LogP contribution in [0.4, 0.5) is 26.3 Å². The molecule has 2 N–H and O–H groups in total. The van der Waals surface area contributed by atoms with Gasteiger partial charge in [0.1, 0.15) is 12.3 Å². The molecule has 1 aromatic carbocycles. The van der Waals surface area contributed by atoms with Gasteiger partial charge in [0, 0.05) is 22.9 Å². The van der Waals surface area contributed by atoms with E-state index in [0.29, 0.717) is 32.1 Å². The largest absolute Gasteiger partial charge is 0.416 e. The van der Waals surface area contributed by atoms with Crippen LogP contribution < -0.4 is 10.6 Å². The first-order valence-corrected chi connectivity index (χ1v) is 11.5. The molecule has 1 heterocycles. The molecule has 0 aliphatic heterocycles. The number of amides is 2. The summed E-state index contributed by atoms with van der Waals surface area (Å²) in [6.45, 7) is -0.221. The third kappa shape index (κ3) is 5.00. The third-order valence-electron chi connectivity index (χ3n) is 7.23. The summed E-state index contributed by atoms with van der Waals surface area (Å²) in [5.41, 5.74) is -1.34. The van der Waals surface area contributed by atoms with Gasteiger partial charge in [-0.2, -0.15) is 26.3 Å². The second-order valence-electron chi connectivity index (χ2n) is 10.3. The van der Waals surface area contributed by atoms with Crippen LogP contribution in [0.15, 0.2) is 30.3 Å². The summed E-state index contributed by atoms with van der Waals surface area (Å²) in [5.74, 6) is -1.24. The van der Waals surface area contributed by atoms with Crippen LogP contribution in [0.25, 0.3) is 10.9 Å². The third-order valence-corrected chi connectivity index (χ3v) is 7.23. The monoisotopic (exact) mass is 515 g/mol. The van der Waals surface area contributed by atoms with E-state index < -0.39 is 47.2 Å². The number of carbonyl (C=O) groups excluding carboxylic acids is 2. The van der Waals surface area contributed by atoms with Crippen LogP contribution in [-0.2, 0) is 15.7 Å². The standard InChI is InChI=1S/C24H23F6N3O3/c25-23(26,27)8-13-5-16(6-13)36-9-19(34)32-21-10-22(11-21,12-21)33-20(35)18-3-1-14-7-15(24(28,29)30)2-4-17(14)31-18/h1-4,7,13,16H,5-6,8-12H2,(H,32,34)(H,33,35)/t13-,16-,21?,22?. The minimum atomic E-state index is -4.47. The SMILES string of the molecule is O=C(CO[C@H]1C[C@H](CC(F)(F)F)C1)NC12CC(NC(=O)c3ccc4cc(C(F)(F)F)ccc4n3)(C1)C2. The number of nitrogens with one attached hydrogen (secondary N) is 2. The number of carbonyl (C=O) groups is 2. The predicted molar refractivity (Wildman–Crippen MR) is 115 cm³/mol. The molecule has 0 saturated heterocycles. The number of benzene rings is 1. The highest BCUT2D eigenvalue weighted by Crippen LogP contribution is 2.60. The molecular formula is C24H23F6N3O3. The Hall–Kier alpha value is -2.89. The molecule has 4 saturated carbocycles. The Morgan fingerprint density at radius 3 is 2.28 bits per heavy atom. The number of pyridine rings is 1. The Morgan fingerprint density at radius 2 is 1.64 bits per heavy atom. The maximum Gasteiger partial charge on any atom is 0.416 e. The molecule has 6 nitrogen and oxygen atoms in total. The molecule has 4 fully saturated rings. The van der Waals surface area contributed by atoms with Gasteiger partial charge >= 0.3 is 12.4 Å². The number of hydrogen-bond acceptors (Lipinski definition) is 4. The van der Waals surface area contributed by atoms with E-state index in [4.69, 9.17) is 4.74 Å². The Labute approximate surface area is 201 Å². The Bertz CT molecular complexity index is 1190. The molecule has 36 heavy (non-hydrogen) atoms. The minimum Gasteiger partial charge on any atom is -0.368 e. The lowest BCUT2D eigenvalue weighted by Crippen LogP contribution is -2.84. The summed E-state index contributed by atoms with van der Waals surface area (Å²) in [6.07, 6.45) is -7.67. The molecule has 0 unspecified atom stereocenters. The van der Waals surface area contributed by atoms with Crippen molar-refractivity contribution in [1.82, 2.24) is 15.6 Å². The van der Waals surface area contributed by atoms with Gasteiger partial charge in [-0.25, -0.2) is 4.98 Å².